The van der Waals surface area contributed by atoms with E-state index < -0.39 is 0 Å². The van der Waals surface area contributed by atoms with E-state index in [4.69, 9.17) is 8.83 Å². The average Bonchev–Trinajstić information content (AvgIpc) is 3.89. The van der Waals surface area contributed by atoms with Gasteiger partial charge in [-0.2, -0.15) is 0 Å². The van der Waals surface area contributed by atoms with Gasteiger partial charge in [-0.15, -0.1) is 11.3 Å². The molecule has 0 atom stereocenters. The summed E-state index contributed by atoms with van der Waals surface area (Å²) in [6, 6.07) is 61.4. The number of para-hydroxylation sites is 2. The lowest BCUT2D eigenvalue weighted by Gasteiger charge is -2.19. The molecule has 2 nitrogen and oxygen atoms in total. The summed E-state index contributed by atoms with van der Waals surface area (Å²) in [6.07, 6.45) is 0. The Balaban J connectivity index is 1.17. The Labute approximate surface area is 307 Å². The largest absolute Gasteiger partial charge is 0.456 e. The number of rotatable bonds is 3. The second-order valence-electron chi connectivity index (χ2n) is 14.0. The Bertz CT molecular complexity index is 3390. The highest BCUT2D eigenvalue weighted by Crippen LogP contribution is 2.49. The fourth-order valence-corrected chi connectivity index (χ4v) is 9.82. The SMILES string of the molecule is c1ccc(-c2c3ccccc3c(-c3cc(-c4ccc5sc6cc7oc8ccccc8c7cc6c5c4)cc4oc5ccccc5c34)c3ccccc23)cc1. The third-order valence-corrected chi connectivity index (χ3v) is 12.2. The molecule has 246 valence electrons. The molecule has 53 heavy (non-hydrogen) atoms. The molecule has 3 heteroatoms. The summed E-state index contributed by atoms with van der Waals surface area (Å²) in [4.78, 5) is 0. The Morgan fingerprint density at radius 1 is 0.302 bits per heavy atom. The first-order valence-electron chi connectivity index (χ1n) is 18.0. The van der Waals surface area contributed by atoms with Gasteiger partial charge < -0.3 is 8.83 Å². The van der Waals surface area contributed by atoms with Crippen LogP contribution in [0.5, 0.6) is 0 Å². The zero-order valence-corrected chi connectivity index (χ0v) is 29.2. The Morgan fingerprint density at radius 2 is 0.887 bits per heavy atom. The van der Waals surface area contributed by atoms with Crippen LogP contribution in [0.4, 0.5) is 0 Å². The fraction of sp³-hybridized carbons (Fsp3) is 0. The molecule has 0 unspecified atom stereocenters. The van der Waals surface area contributed by atoms with Crippen LogP contribution in [0.25, 0.3) is 119 Å². The van der Waals surface area contributed by atoms with Crippen LogP contribution in [0, 0.1) is 0 Å². The first-order valence-corrected chi connectivity index (χ1v) is 18.8. The van der Waals surface area contributed by atoms with E-state index in [0.29, 0.717) is 0 Å². The molecular formula is C50H28O2S. The van der Waals surface area contributed by atoms with Crippen LogP contribution in [0.15, 0.2) is 179 Å². The molecule has 0 aliphatic carbocycles. The van der Waals surface area contributed by atoms with Crippen LogP contribution >= 0.6 is 11.3 Å². The molecule has 0 saturated heterocycles. The highest BCUT2D eigenvalue weighted by Gasteiger charge is 2.22. The van der Waals surface area contributed by atoms with Gasteiger partial charge in [0.2, 0.25) is 0 Å². The first-order chi connectivity index (χ1) is 26.3. The standard InChI is InChI=1S/C50H28O2S/c1-2-12-29(13-3-1)48-33-15-4-6-17-35(33)49(36-18-7-5-16-34(36)48)41-25-31(26-45-50(41)37-19-9-11-21-43(37)52-45)30-22-23-46-39(24-30)40-27-38-32-14-8-10-20-42(32)51-44(38)28-47(40)53-46/h1-28H. The topological polar surface area (TPSA) is 26.3 Å². The van der Waals surface area contributed by atoms with E-state index in [0.717, 1.165) is 55.0 Å². The van der Waals surface area contributed by atoms with E-state index in [9.17, 15) is 0 Å². The van der Waals surface area contributed by atoms with Gasteiger partial charge in [-0.3, -0.25) is 0 Å². The van der Waals surface area contributed by atoms with Crippen LogP contribution in [0.2, 0.25) is 0 Å². The molecule has 0 N–H and O–H groups in total. The van der Waals surface area contributed by atoms with Gasteiger partial charge >= 0.3 is 0 Å². The fourth-order valence-electron chi connectivity index (χ4n) is 8.73. The third-order valence-electron chi connectivity index (χ3n) is 11.0. The third kappa shape index (κ3) is 4.20. The molecule has 0 aliphatic rings. The predicted octanol–water partition coefficient (Wildman–Crippen LogP) is 15.2. The van der Waals surface area contributed by atoms with Gasteiger partial charge in [-0.05, 0) is 103 Å². The van der Waals surface area contributed by atoms with Crippen molar-refractivity contribution in [2.45, 2.75) is 0 Å². The van der Waals surface area contributed by atoms with Crippen molar-refractivity contribution >= 4 is 96.9 Å². The van der Waals surface area contributed by atoms with Crippen molar-refractivity contribution in [1.29, 1.82) is 0 Å². The van der Waals surface area contributed by atoms with Crippen molar-refractivity contribution in [3.05, 3.63) is 170 Å². The molecule has 0 bridgehead atoms. The van der Waals surface area contributed by atoms with Crippen molar-refractivity contribution in [2.24, 2.45) is 0 Å². The lowest BCUT2D eigenvalue weighted by molar-refractivity contribution is 0.669. The van der Waals surface area contributed by atoms with Gasteiger partial charge in [-0.1, -0.05) is 121 Å². The van der Waals surface area contributed by atoms with Gasteiger partial charge in [0.05, 0.1) is 0 Å². The van der Waals surface area contributed by atoms with Crippen molar-refractivity contribution in [1.82, 2.24) is 0 Å². The van der Waals surface area contributed by atoms with E-state index in [1.165, 1.54) is 64.0 Å². The molecule has 0 radical (unpaired) electrons. The van der Waals surface area contributed by atoms with Crippen molar-refractivity contribution in [3.8, 4) is 33.4 Å². The number of hydrogen-bond donors (Lipinski definition) is 0. The lowest BCUT2D eigenvalue weighted by atomic mass is 9.84. The zero-order valence-electron chi connectivity index (χ0n) is 28.4. The molecule has 0 spiro atoms. The predicted molar refractivity (Wildman–Crippen MR) is 225 cm³/mol. The maximum absolute atomic E-state index is 6.71. The average molecular weight is 693 g/mol. The van der Waals surface area contributed by atoms with Gasteiger partial charge in [0, 0.05) is 41.7 Å². The number of furan rings is 2. The molecule has 12 rings (SSSR count). The summed E-state index contributed by atoms with van der Waals surface area (Å²) in [5, 5.41) is 12.0. The van der Waals surface area contributed by atoms with Crippen LogP contribution in [0.3, 0.4) is 0 Å². The van der Waals surface area contributed by atoms with Crippen LogP contribution in [-0.2, 0) is 0 Å². The first kappa shape index (κ1) is 29.0. The summed E-state index contributed by atoms with van der Waals surface area (Å²) in [7, 11) is 0. The summed E-state index contributed by atoms with van der Waals surface area (Å²) < 4.78 is 15.5. The number of thiophene rings is 1. The highest BCUT2D eigenvalue weighted by atomic mass is 32.1. The second kappa shape index (κ2) is 10.9. The van der Waals surface area contributed by atoms with Crippen molar-refractivity contribution in [2.75, 3.05) is 0 Å². The maximum Gasteiger partial charge on any atom is 0.136 e. The monoisotopic (exact) mass is 692 g/mol. The van der Waals surface area contributed by atoms with Gasteiger partial charge in [0.1, 0.15) is 22.3 Å². The van der Waals surface area contributed by atoms with Crippen molar-refractivity contribution < 1.29 is 8.83 Å². The van der Waals surface area contributed by atoms with Gasteiger partial charge in [0.25, 0.3) is 0 Å². The second-order valence-corrected chi connectivity index (χ2v) is 15.0. The molecule has 9 aromatic carbocycles. The molecule has 0 amide bonds. The Hall–Kier alpha value is -6.68. The zero-order chi connectivity index (χ0) is 34.6. The van der Waals surface area contributed by atoms with Crippen LogP contribution in [-0.4, -0.2) is 0 Å². The summed E-state index contributed by atoms with van der Waals surface area (Å²) in [5.74, 6) is 0. The van der Waals surface area contributed by atoms with E-state index in [2.05, 4.69) is 158 Å². The molecule has 0 aliphatic heterocycles. The number of fused-ring (bicyclic) bond motifs is 11. The van der Waals surface area contributed by atoms with E-state index in [1.807, 2.05) is 23.5 Å². The number of benzene rings is 9. The number of hydrogen-bond acceptors (Lipinski definition) is 3. The van der Waals surface area contributed by atoms with Gasteiger partial charge in [0.15, 0.2) is 0 Å². The molecular weight excluding hydrogens is 665 g/mol. The summed E-state index contributed by atoms with van der Waals surface area (Å²) in [5.41, 5.74) is 10.8. The maximum atomic E-state index is 6.71. The quantitative estimate of drug-likeness (QED) is 0.172. The minimum atomic E-state index is 0.890. The molecule has 0 saturated carbocycles. The minimum absolute atomic E-state index is 0.890. The minimum Gasteiger partial charge on any atom is -0.456 e. The summed E-state index contributed by atoms with van der Waals surface area (Å²) in [6.45, 7) is 0. The summed E-state index contributed by atoms with van der Waals surface area (Å²) >= 11 is 1.82. The van der Waals surface area contributed by atoms with E-state index in [1.54, 1.807) is 0 Å². The van der Waals surface area contributed by atoms with Crippen LogP contribution < -0.4 is 0 Å². The van der Waals surface area contributed by atoms with Gasteiger partial charge in [-0.25, -0.2) is 0 Å². The normalized spacial score (nSPS) is 12.2. The smallest absolute Gasteiger partial charge is 0.136 e. The Morgan fingerprint density at radius 3 is 1.62 bits per heavy atom. The van der Waals surface area contributed by atoms with Crippen LogP contribution in [0.1, 0.15) is 0 Å². The molecule has 3 aromatic heterocycles. The highest BCUT2D eigenvalue weighted by molar-refractivity contribution is 7.25. The molecule has 12 aromatic rings. The van der Waals surface area contributed by atoms with E-state index >= 15 is 0 Å². The van der Waals surface area contributed by atoms with E-state index in [-0.39, 0.29) is 0 Å². The van der Waals surface area contributed by atoms with Crippen molar-refractivity contribution in [3.63, 3.8) is 0 Å². The Kier molecular flexibility index (Phi) is 5.96. The lowest BCUT2D eigenvalue weighted by Crippen LogP contribution is -1.92. The molecule has 0 fully saturated rings. The molecule has 3 heterocycles.